The Hall–Kier alpha value is -2.71. The van der Waals surface area contributed by atoms with Crippen LogP contribution in [0, 0.1) is 12.7 Å². The van der Waals surface area contributed by atoms with E-state index >= 15 is 0 Å². The van der Waals surface area contributed by atoms with Crippen LogP contribution in [0.2, 0.25) is 10.2 Å². The maximum atomic E-state index is 13.6. The van der Waals surface area contributed by atoms with Crippen molar-refractivity contribution in [2.45, 2.75) is 6.92 Å². The Balaban J connectivity index is 1.48. The maximum absolute atomic E-state index is 13.6. The van der Waals surface area contributed by atoms with Gasteiger partial charge in [-0.3, -0.25) is 9.30 Å². The number of piperazine rings is 1. The average molecular weight is 514 g/mol. The lowest BCUT2D eigenvalue weighted by atomic mass is 10.0. The van der Waals surface area contributed by atoms with Gasteiger partial charge in [-0.2, -0.15) is 0 Å². The number of hydrogen-bond donors (Lipinski definition) is 0. The standard InChI is InChI=1S/C26H26Cl2FN5O/c1-17-20(7-8-21(23(17)28)35-16-15-33-13-11-32(2)12-14-33)25-24(18-3-5-19(29)6-4-18)31-26-30-10-9-22(27)34(25)26/h3-10H,11-16H2,1-2H3. The second-order valence-corrected chi connectivity index (χ2v) is 9.53. The summed E-state index contributed by atoms with van der Waals surface area (Å²) in [4.78, 5) is 13.8. The largest absolute Gasteiger partial charge is 0.491 e. The van der Waals surface area contributed by atoms with Gasteiger partial charge in [-0.1, -0.05) is 23.2 Å². The first kappa shape index (κ1) is 24.0. The second-order valence-electron chi connectivity index (χ2n) is 8.76. The summed E-state index contributed by atoms with van der Waals surface area (Å²) in [6.45, 7) is 7.59. The Kier molecular flexibility index (Phi) is 6.93. The molecule has 9 heteroatoms. The zero-order valence-corrected chi connectivity index (χ0v) is 21.2. The van der Waals surface area contributed by atoms with E-state index < -0.39 is 0 Å². The van der Waals surface area contributed by atoms with Crippen LogP contribution in [0.3, 0.4) is 0 Å². The van der Waals surface area contributed by atoms with Gasteiger partial charge < -0.3 is 9.64 Å². The Bertz CT molecular complexity index is 1350. The molecule has 0 unspecified atom stereocenters. The summed E-state index contributed by atoms with van der Waals surface area (Å²) >= 11 is 13.4. The molecule has 1 saturated heterocycles. The first-order chi connectivity index (χ1) is 16.9. The summed E-state index contributed by atoms with van der Waals surface area (Å²) in [7, 11) is 2.15. The molecule has 0 bridgehead atoms. The van der Waals surface area contributed by atoms with Crippen LogP contribution in [0.1, 0.15) is 5.56 Å². The predicted octanol–water partition coefficient (Wildman–Crippen LogP) is 5.44. The molecule has 4 aromatic rings. The minimum absolute atomic E-state index is 0.312. The molecule has 0 saturated carbocycles. The van der Waals surface area contributed by atoms with Crippen molar-refractivity contribution in [2.75, 3.05) is 46.4 Å². The molecule has 1 aliphatic heterocycles. The van der Waals surface area contributed by atoms with Crippen molar-refractivity contribution < 1.29 is 9.13 Å². The lowest BCUT2D eigenvalue weighted by molar-refractivity contribution is 0.134. The summed E-state index contributed by atoms with van der Waals surface area (Å²) < 4.78 is 21.5. The number of aromatic nitrogens is 3. The molecule has 2 aromatic heterocycles. The lowest BCUT2D eigenvalue weighted by Gasteiger charge is -2.32. The minimum Gasteiger partial charge on any atom is -0.491 e. The monoisotopic (exact) mass is 513 g/mol. The third-order valence-electron chi connectivity index (χ3n) is 6.46. The van der Waals surface area contributed by atoms with E-state index in [0.29, 0.717) is 34.0 Å². The summed E-state index contributed by atoms with van der Waals surface area (Å²) in [5, 5.41) is 1.01. The molecule has 6 nitrogen and oxygen atoms in total. The third-order valence-corrected chi connectivity index (χ3v) is 7.22. The molecule has 1 fully saturated rings. The normalized spacial score (nSPS) is 15.1. The molecule has 1 aliphatic rings. The van der Waals surface area contributed by atoms with E-state index in [9.17, 15) is 4.39 Å². The molecular weight excluding hydrogens is 488 g/mol. The van der Waals surface area contributed by atoms with E-state index in [0.717, 1.165) is 55.1 Å². The smallest absolute Gasteiger partial charge is 0.236 e. The van der Waals surface area contributed by atoms with Gasteiger partial charge in [0.25, 0.3) is 0 Å². The van der Waals surface area contributed by atoms with Crippen molar-refractivity contribution in [3.8, 4) is 28.3 Å². The summed E-state index contributed by atoms with van der Waals surface area (Å²) in [5.74, 6) is 0.783. The fraction of sp³-hybridized carbons (Fsp3) is 0.308. The maximum Gasteiger partial charge on any atom is 0.236 e. The first-order valence-electron chi connectivity index (χ1n) is 11.5. The van der Waals surface area contributed by atoms with E-state index in [1.165, 1.54) is 12.1 Å². The zero-order valence-electron chi connectivity index (χ0n) is 19.6. The number of benzene rings is 2. The van der Waals surface area contributed by atoms with Crippen molar-refractivity contribution in [3.05, 3.63) is 70.2 Å². The Morgan fingerprint density at radius 2 is 1.74 bits per heavy atom. The number of imidazole rings is 1. The van der Waals surface area contributed by atoms with Crippen LogP contribution in [0.4, 0.5) is 4.39 Å². The van der Waals surface area contributed by atoms with E-state index in [1.54, 1.807) is 28.8 Å². The quantitative estimate of drug-likeness (QED) is 0.321. The SMILES string of the molecule is Cc1c(-c2c(-c3ccc(F)cc3)nc3nccc(Cl)n23)ccc(OCCN2CCN(C)CC2)c1Cl. The van der Waals surface area contributed by atoms with Gasteiger partial charge in [0.05, 0.1) is 16.4 Å². The summed E-state index contributed by atoms with van der Waals surface area (Å²) in [5.41, 5.74) is 3.84. The topological polar surface area (TPSA) is 45.9 Å². The number of halogens is 3. The molecule has 0 radical (unpaired) electrons. The molecule has 5 rings (SSSR count). The Labute approximate surface area is 213 Å². The fourth-order valence-corrected chi connectivity index (χ4v) is 4.82. The number of rotatable bonds is 6. The molecule has 35 heavy (non-hydrogen) atoms. The highest BCUT2D eigenvalue weighted by molar-refractivity contribution is 6.33. The van der Waals surface area contributed by atoms with Crippen molar-refractivity contribution in [1.29, 1.82) is 0 Å². The molecule has 0 atom stereocenters. The predicted molar refractivity (Wildman–Crippen MR) is 138 cm³/mol. The number of ether oxygens (including phenoxy) is 1. The number of fused-ring (bicyclic) bond motifs is 1. The van der Waals surface area contributed by atoms with Crippen LogP contribution in [0.5, 0.6) is 5.75 Å². The van der Waals surface area contributed by atoms with Gasteiger partial charge >= 0.3 is 0 Å². The summed E-state index contributed by atoms with van der Waals surface area (Å²) in [6, 6.07) is 11.8. The van der Waals surface area contributed by atoms with Crippen molar-refractivity contribution >= 4 is 29.0 Å². The van der Waals surface area contributed by atoms with Crippen LogP contribution in [0.25, 0.3) is 28.3 Å². The highest BCUT2D eigenvalue weighted by Crippen LogP contribution is 2.40. The molecular formula is C26H26Cl2FN5O. The molecule has 0 amide bonds. The van der Waals surface area contributed by atoms with Gasteiger partial charge in [0.1, 0.15) is 23.3 Å². The van der Waals surface area contributed by atoms with Crippen molar-refractivity contribution in [2.24, 2.45) is 0 Å². The highest BCUT2D eigenvalue weighted by Gasteiger charge is 2.22. The van der Waals surface area contributed by atoms with Gasteiger partial charge in [0, 0.05) is 50.0 Å². The van der Waals surface area contributed by atoms with Gasteiger partial charge in [-0.05, 0) is 62.0 Å². The van der Waals surface area contributed by atoms with E-state index in [-0.39, 0.29) is 5.82 Å². The fourth-order valence-electron chi connectivity index (χ4n) is 4.38. The highest BCUT2D eigenvalue weighted by atomic mass is 35.5. The van der Waals surface area contributed by atoms with Crippen LogP contribution < -0.4 is 4.74 Å². The van der Waals surface area contributed by atoms with Crippen LogP contribution >= 0.6 is 23.2 Å². The number of nitrogens with zero attached hydrogens (tertiary/aromatic N) is 5. The van der Waals surface area contributed by atoms with Gasteiger partial charge in [0.2, 0.25) is 5.78 Å². The average Bonchev–Trinajstić information content (AvgIpc) is 3.24. The molecule has 0 aliphatic carbocycles. The molecule has 0 N–H and O–H groups in total. The van der Waals surface area contributed by atoms with E-state index in [4.69, 9.17) is 32.9 Å². The first-order valence-corrected chi connectivity index (χ1v) is 12.3. The Morgan fingerprint density at radius 1 is 1.00 bits per heavy atom. The van der Waals surface area contributed by atoms with Gasteiger partial charge in [-0.15, -0.1) is 0 Å². The minimum atomic E-state index is -0.312. The van der Waals surface area contributed by atoms with Crippen LogP contribution in [-0.2, 0) is 0 Å². The van der Waals surface area contributed by atoms with Crippen molar-refractivity contribution in [3.63, 3.8) is 0 Å². The van der Waals surface area contributed by atoms with Crippen molar-refractivity contribution in [1.82, 2.24) is 24.2 Å². The summed E-state index contributed by atoms with van der Waals surface area (Å²) in [6.07, 6.45) is 1.61. The Morgan fingerprint density at radius 3 is 2.49 bits per heavy atom. The van der Waals surface area contributed by atoms with Gasteiger partial charge in [0.15, 0.2) is 0 Å². The zero-order chi connectivity index (χ0) is 24.5. The van der Waals surface area contributed by atoms with E-state index in [1.807, 2.05) is 19.1 Å². The number of likely N-dealkylation sites (N-methyl/N-ethyl adjacent to an activating group) is 1. The third kappa shape index (κ3) is 4.86. The van der Waals surface area contributed by atoms with E-state index in [2.05, 4.69) is 21.8 Å². The van der Waals surface area contributed by atoms with Crippen LogP contribution in [-0.4, -0.2) is 70.5 Å². The van der Waals surface area contributed by atoms with Crippen LogP contribution in [0.15, 0.2) is 48.7 Å². The molecule has 2 aromatic carbocycles. The second kappa shape index (κ2) is 10.1. The molecule has 182 valence electrons. The molecule has 3 heterocycles. The number of hydrogen-bond acceptors (Lipinski definition) is 5. The molecule has 0 spiro atoms. The van der Waals surface area contributed by atoms with Gasteiger partial charge in [-0.25, -0.2) is 14.4 Å². The lowest BCUT2D eigenvalue weighted by Crippen LogP contribution is -2.45.